The molecular formula is C29H27N. The summed E-state index contributed by atoms with van der Waals surface area (Å²) in [5.74, 6) is 0.542. The molecule has 0 bridgehead atoms. The van der Waals surface area contributed by atoms with Crippen molar-refractivity contribution in [1.82, 2.24) is 4.98 Å². The molecule has 1 heterocycles. The van der Waals surface area contributed by atoms with Crippen LogP contribution >= 0.6 is 0 Å². The Morgan fingerprint density at radius 2 is 1.43 bits per heavy atom. The van der Waals surface area contributed by atoms with Gasteiger partial charge < -0.3 is 0 Å². The molecular weight excluding hydrogens is 362 g/mol. The van der Waals surface area contributed by atoms with Gasteiger partial charge in [0.05, 0.1) is 11.4 Å². The fourth-order valence-corrected chi connectivity index (χ4v) is 4.45. The smallest absolute Gasteiger partial charge is 0.0750 e. The predicted octanol–water partition coefficient (Wildman–Crippen LogP) is 7.61. The third-order valence-corrected chi connectivity index (χ3v) is 6.28. The molecule has 30 heavy (non-hydrogen) atoms. The number of hydrogen-bond donors (Lipinski definition) is 0. The summed E-state index contributed by atoms with van der Waals surface area (Å²) in [5, 5.41) is 0. The molecule has 3 aromatic carbocycles. The molecule has 5 rings (SSSR count). The van der Waals surface area contributed by atoms with Crippen molar-refractivity contribution in [2.75, 3.05) is 0 Å². The molecule has 0 saturated heterocycles. The first-order valence-electron chi connectivity index (χ1n) is 10.9. The lowest BCUT2D eigenvalue weighted by molar-refractivity contribution is 0.867. The second-order valence-electron chi connectivity index (χ2n) is 8.68. The number of hydrogen-bond acceptors (Lipinski definition) is 1. The van der Waals surface area contributed by atoms with E-state index in [0.29, 0.717) is 5.92 Å². The van der Waals surface area contributed by atoms with E-state index in [9.17, 15) is 0 Å². The van der Waals surface area contributed by atoms with Crippen LogP contribution in [-0.2, 0) is 12.8 Å². The van der Waals surface area contributed by atoms with Crippen molar-refractivity contribution in [3.63, 3.8) is 0 Å². The summed E-state index contributed by atoms with van der Waals surface area (Å²) < 4.78 is 0. The third kappa shape index (κ3) is 3.35. The average molecular weight is 390 g/mol. The number of aryl methyl sites for hydroxylation is 2. The van der Waals surface area contributed by atoms with Crippen LogP contribution in [0.15, 0.2) is 78.9 Å². The van der Waals surface area contributed by atoms with E-state index in [2.05, 4.69) is 99.6 Å². The van der Waals surface area contributed by atoms with Gasteiger partial charge in [0.2, 0.25) is 0 Å². The van der Waals surface area contributed by atoms with Crippen LogP contribution in [0.2, 0.25) is 0 Å². The predicted molar refractivity (Wildman–Crippen MR) is 127 cm³/mol. The van der Waals surface area contributed by atoms with E-state index >= 15 is 0 Å². The molecule has 0 saturated carbocycles. The summed E-state index contributed by atoms with van der Waals surface area (Å²) in [6, 6.07) is 28.9. The SMILES string of the molecule is Cc1ccc(-c2cc(-c3ccc(C(C)C)cc3)c3c(n2)-c2ccccc2CC3)cc1. The van der Waals surface area contributed by atoms with E-state index in [4.69, 9.17) is 4.98 Å². The van der Waals surface area contributed by atoms with E-state index < -0.39 is 0 Å². The first kappa shape index (κ1) is 18.8. The van der Waals surface area contributed by atoms with Crippen LogP contribution in [-0.4, -0.2) is 4.98 Å². The Kier molecular flexibility index (Phi) is 4.75. The summed E-state index contributed by atoms with van der Waals surface area (Å²) >= 11 is 0. The highest BCUT2D eigenvalue weighted by Crippen LogP contribution is 2.40. The topological polar surface area (TPSA) is 12.9 Å². The van der Waals surface area contributed by atoms with Crippen LogP contribution in [0.25, 0.3) is 33.6 Å². The van der Waals surface area contributed by atoms with Crippen molar-refractivity contribution in [2.45, 2.75) is 39.5 Å². The maximum atomic E-state index is 5.19. The Balaban J connectivity index is 1.73. The van der Waals surface area contributed by atoms with Gasteiger partial charge in [-0.1, -0.05) is 92.2 Å². The van der Waals surface area contributed by atoms with Gasteiger partial charge >= 0.3 is 0 Å². The fraction of sp³-hybridized carbons (Fsp3) is 0.207. The Morgan fingerprint density at radius 3 is 2.17 bits per heavy atom. The largest absolute Gasteiger partial charge is 0.247 e. The van der Waals surface area contributed by atoms with Crippen molar-refractivity contribution in [1.29, 1.82) is 0 Å². The van der Waals surface area contributed by atoms with E-state index in [-0.39, 0.29) is 0 Å². The molecule has 1 aliphatic rings. The first-order chi connectivity index (χ1) is 14.6. The molecule has 0 N–H and O–H groups in total. The van der Waals surface area contributed by atoms with Crippen LogP contribution in [0.1, 0.15) is 42.0 Å². The maximum absolute atomic E-state index is 5.19. The molecule has 0 amide bonds. The van der Waals surface area contributed by atoms with E-state index in [1.807, 2.05) is 0 Å². The average Bonchev–Trinajstić information content (AvgIpc) is 2.79. The van der Waals surface area contributed by atoms with Gasteiger partial charge in [-0.05, 0) is 59.6 Å². The first-order valence-corrected chi connectivity index (χ1v) is 10.9. The minimum Gasteiger partial charge on any atom is -0.247 e. The number of fused-ring (bicyclic) bond motifs is 3. The molecule has 1 nitrogen and oxygen atoms in total. The van der Waals surface area contributed by atoms with E-state index in [1.165, 1.54) is 44.5 Å². The second-order valence-corrected chi connectivity index (χ2v) is 8.68. The molecule has 1 heteroatoms. The molecule has 0 spiro atoms. The third-order valence-electron chi connectivity index (χ3n) is 6.28. The fourth-order valence-electron chi connectivity index (χ4n) is 4.45. The monoisotopic (exact) mass is 389 g/mol. The number of pyridine rings is 1. The molecule has 0 radical (unpaired) electrons. The standard InChI is InChI=1S/C29H27N/c1-19(2)21-12-14-23(15-13-21)27-18-28(24-10-8-20(3)9-11-24)30-29-25-7-5-4-6-22(25)16-17-26(27)29/h4-15,18-19H,16-17H2,1-3H3. The van der Waals surface area contributed by atoms with Gasteiger partial charge in [-0.3, -0.25) is 0 Å². The lowest BCUT2D eigenvalue weighted by atomic mass is 9.84. The van der Waals surface area contributed by atoms with Crippen molar-refractivity contribution >= 4 is 0 Å². The number of benzene rings is 3. The Morgan fingerprint density at radius 1 is 0.733 bits per heavy atom. The molecule has 0 fully saturated rings. The van der Waals surface area contributed by atoms with E-state index in [0.717, 1.165) is 24.2 Å². The van der Waals surface area contributed by atoms with Gasteiger partial charge in [0.25, 0.3) is 0 Å². The van der Waals surface area contributed by atoms with Crippen LogP contribution in [0.5, 0.6) is 0 Å². The maximum Gasteiger partial charge on any atom is 0.0750 e. The zero-order chi connectivity index (χ0) is 20.7. The molecule has 0 atom stereocenters. The van der Waals surface area contributed by atoms with Crippen molar-refractivity contribution < 1.29 is 0 Å². The summed E-state index contributed by atoms with van der Waals surface area (Å²) in [6.07, 6.45) is 2.11. The minimum absolute atomic E-state index is 0.542. The van der Waals surface area contributed by atoms with Crippen molar-refractivity contribution in [3.05, 3.63) is 101 Å². The van der Waals surface area contributed by atoms with Gasteiger partial charge in [0.15, 0.2) is 0 Å². The molecule has 1 aromatic heterocycles. The quantitative estimate of drug-likeness (QED) is 0.351. The zero-order valence-electron chi connectivity index (χ0n) is 17.9. The number of aromatic nitrogens is 1. The lowest BCUT2D eigenvalue weighted by Crippen LogP contribution is -2.08. The van der Waals surface area contributed by atoms with Gasteiger partial charge in [0.1, 0.15) is 0 Å². The van der Waals surface area contributed by atoms with E-state index in [1.54, 1.807) is 0 Å². The molecule has 1 aliphatic carbocycles. The molecule has 0 aliphatic heterocycles. The van der Waals surface area contributed by atoms with Crippen LogP contribution in [0, 0.1) is 6.92 Å². The summed E-state index contributed by atoms with van der Waals surface area (Å²) in [7, 11) is 0. The number of nitrogens with zero attached hydrogens (tertiary/aromatic N) is 1. The molecule has 0 unspecified atom stereocenters. The molecule has 148 valence electrons. The highest BCUT2D eigenvalue weighted by atomic mass is 14.7. The van der Waals surface area contributed by atoms with Crippen LogP contribution in [0.4, 0.5) is 0 Å². The second kappa shape index (κ2) is 7.57. The summed E-state index contributed by atoms with van der Waals surface area (Å²) in [6.45, 7) is 6.62. The van der Waals surface area contributed by atoms with Gasteiger partial charge in [0, 0.05) is 11.1 Å². The summed E-state index contributed by atoms with van der Waals surface area (Å²) in [5.41, 5.74) is 12.7. The number of rotatable bonds is 3. The zero-order valence-corrected chi connectivity index (χ0v) is 17.9. The van der Waals surface area contributed by atoms with Gasteiger partial charge in [-0.25, -0.2) is 4.98 Å². The van der Waals surface area contributed by atoms with Crippen molar-refractivity contribution in [3.8, 4) is 33.6 Å². The van der Waals surface area contributed by atoms with Gasteiger partial charge in [-0.2, -0.15) is 0 Å². The lowest BCUT2D eigenvalue weighted by Gasteiger charge is -2.23. The Labute approximate surface area is 179 Å². The highest BCUT2D eigenvalue weighted by Gasteiger charge is 2.22. The summed E-state index contributed by atoms with van der Waals surface area (Å²) in [4.78, 5) is 5.19. The van der Waals surface area contributed by atoms with Crippen molar-refractivity contribution in [2.24, 2.45) is 0 Å². The van der Waals surface area contributed by atoms with Gasteiger partial charge in [-0.15, -0.1) is 0 Å². The Hall–Kier alpha value is -3.19. The Bertz CT molecular complexity index is 1200. The van der Waals surface area contributed by atoms with Crippen LogP contribution < -0.4 is 0 Å². The van der Waals surface area contributed by atoms with Crippen LogP contribution in [0.3, 0.4) is 0 Å². The molecule has 4 aromatic rings. The normalized spacial score (nSPS) is 12.5. The highest BCUT2D eigenvalue weighted by molar-refractivity contribution is 5.83. The minimum atomic E-state index is 0.542.